The van der Waals surface area contributed by atoms with Crippen LogP contribution in [0.15, 0.2) is 207 Å². The monoisotopic (exact) mass is 706 g/mol. The average molecular weight is 707 g/mol. The lowest BCUT2D eigenvalue weighted by Gasteiger charge is -2.21. The number of rotatable bonds is 8. The van der Waals surface area contributed by atoms with Crippen molar-refractivity contribution in [3.63, 3.8) is 0 Å². The number of ether oxygens (including phenoxy) is 1. The van der Waals surface area contributed by atoms with Crippen molar-refractivity contribution in [3.8, 4) is 67.4 Å². The highest BCUT2D eigenvalue weighted by molar-refractivity contribution is 5.90. The third-order valence-electron chi connectivity index (χ3n) is 10.2. The van der Waals surface area contributed by atoms with Gasteiger partial charge in [-0.2, -0.15) is 10.2 Å². The summed E-state index contributed by atoms with van der Waals surface area (Å²) < 4.78 is 11.4. The van der Waals surface area contributed by atoms with Gasteiger partial charge in [0.1, 0.15) is 11.5 Å². The maximum absolute atomic E-state index is 7.33. The Morgan fingerprint density at radius 2 is 0.655 bits per heavy atom. The number of hydrogen-bond donors (Lipinski definition) is 0. The predicted octanol–water partition coefficient (Wildman–Crippen LogP) is 12.8. The van der Waals surface area contributed by atoms with Gasteiger partial charge in [-0.05, 0) is 58.7 Å². The Morgan fingerprint density at radius 3 is 1.04 bits per heavy atom. The Hall–Kier alpha value is -7.50. The van der Waals surface area contributed by atoms with Crippen LogP contribution in [0, 0.1) is 0 Å². The van der Waals surface area contributed by atoms with Crippen LogP contribution < -0.4 is 4.74 Å². The van der Waals surface area contributed by atoms with E-state index in [0.717, 1.165) is 89.2 Å². The van der Waals surface area contributed by atoms with Crippen LogP contribution in [0.5, 0.6) is 11.5 Å². The number of benzene rings is 8. The zero-order valence-corrected chi connectivity index (χ0v) is 29.8. The average Bonchev–Trinajstić information content (AvgIpc) is 3.90. The molecular weight excluding hydrogens is 673 g/mol. The SMILES string of the molecule is c1ccc(-c2cc(-n3ncc4ccccc43)c(-c3ccccc3)cc2Oc2cc(-c3ccccc3)c(-n3ncc4ccccc43)cc2-c2ccccc2)cc1. The second kappa shape index (κ2) is 13.8. The summed E-state index contributed by atoms with van der Waals surface area (Å²) in [5.74, 6) is 1.47. The van der Waals surface area contributed by atoms with Crippen molar-refractivity contribution in [1.29, 1.82) is 0 Å². The Labute approximate surface area is 319 Å². The van der Waals surface area contributed by atoms with Gasteiger partial charge >= 0.3 is 0 Å². The first kappa shape index (κ1) is 32.2. The molecule has 2 heterocycles. The number of para-hydroxylation sites is 2. The largest absolute Gasteiger partial charge is 0.456 e. The molecule has 10 rings (SSSR count). The molecule has 2 aromatic heterocycles. The fourth-order valence-corrected chi connectivity index (χ4v) is 7.49. The molecule has 0 saturated heterocycles. The molecule has 5 heteroatoms. The smallest absolute Gasteiger partial charge is 0.136 e. The Morgan fingerprint density at radius 1 is 0.327 bits per heavy atom. The summed E-state index contributed by atoms with van der Waals surface area (Å²) >= 11 is 0. The van der Waals surface area contributed by atoms with Crippen LogP contribution in [0.3, 0.4) is 0 Å². The minimum Gasteiger partial charge on any atom is -0.456 e. The van der Waals surface area contributed by atoms with Crippen molar-refractivity contribution >= 4 is 21.8 Å². The van der Waals surface area contributed by atoms with Gasteiger partial charge in [-0.3, -0.25) is 0 Å². The van der Waals surface area contributed by atoms with Crippen LogP contribution in [-0.2, 0) is 0 Å². The maximum atomic E-state index is 7.33. The first-order chi connectivity index (χ1) is 27.3. The molecule has 0 bridgehead atoms. The standard InChI is InChI=1S/C50H34N4O/c1-5-17-35(18-6-1)41-31-49(43(37-21-9-3-10-22-37)29-47(41)53-45-27-15-13-25-39(45)33-51-53)55-50-32-42(36-19-7-2-8-20-36)48(30-44(50)38-23-11-4-12-24-38)54-46-28-16-14-26-40(46)34-52-54/h1-34H. The molecular formula is C50H34N4O. The van der Waals surface area contributed by atoms with Crippen molar-refractivity contribution < 1.29 is 4.74 Å². The molecule has 10 aromatic rings. The van der Waals surface area contributed by atoms with Crippen LogP contribution in [0.1, 0.15) is 0 Å². The zero-order valence-electron chi connectivity index (χ0n) is 29.8. The van der Waals surface area contributed by atoms with Crippen molar-refractivity contribution in [2.75, 3.05) is 0 Å². The molecule has 0 aliphatic heterocycles. The fraction of sp³-hybridized carbons (Fsp3) is 0. The Kier molecular flexibility index (Phi) is 8.08. The molecule has 0 atom stereocenters. The van der Waals surface area contributed by atoms with E-state index in [4.69, 9.17) is 14.9 Å². The minimum atomic E-state index is 0.735. The summed E-state index contributed by atoms with van der Waals surface area (Å²) in [5, 5.41) is 12.0. The van der Waals surface area contributed by atoms with E-state index < -0.39 is 0 Å². The predicted molar refractivity (Wildman–Crippen MR) is 224 cm³/mol. The van der Waals surface area contributed by atoms with E-state index in [1.165, 1.54) is 0 Å². The first-order valence-corrected chi connectivity index (χ1v) is 18.4. The van der Waals surface area contributed by atoms with Crippen molar-refractivity contribution in [3.05, 3.63) is 207 Å². The van der Waals surface area contributed by atoms with Gasteiger partial charge in [0.2, 0.25) is 0 Å². The minimum absolute atomic E-state index is 0.735. The first-order valence-electron chi connectivity index (χ1n) is 18.4. The third kappa shape index (κ3) is 5.94. The van der Waals surface area contributed by atoms with Crippen LogP contribution >= 0.6 is 0 Å². The van der Waals surface area contributed by atoms with Gasteiger partial charge in [0, 0.05) is 33.0 Å². The quantitative estimate of drug-likeness (QED) is 0.158. The van der Waals surface area contributed by atoms with Gasteiger partial charge in [0.25, 0.3) is 0 Å². The highest BCUT2D eigenvalue weighted by atomic mass is 16.5. The van der Waals surface area contributed by atoms with Gasteiger partial charge in [-0.1, -0.05) is 158 Å². The van der Waals surface area contributed by atoms with Gasteiger partial charge < -0.3 is 4.74 Å². The second-order valence-corrected chi connectivity index (χ2v) is 13.5. The van der Waals surface area contributed by atoms with Crippen LogP contribution in [0.25, 0.3) is 77.7 Å². The summed E-state index contributed by atoms with van der Waals surface area (Å²) in [5.41, 5.74) is 12.1. The van der Waals surface area contributed by atoms with Crippen LogP contribution in [0.4, 0.5) is 0 Å². The summed E-state index contributed by atoms with van der Waals surface area (Å²) in [4.78, 5) is 0. The van der Waals surface area contributed by atoms with Crippen molar-refractivity contribution in [1.82, 2.24) is 19.6 Å². The zero-order chi connectivity index (χ0) is 36.6. The molecule has 0 unspecified atom stereocenters. The van der Waals surface area contributed by atoms with Gasteiger partial charge in [-0.15, -0.1) is 0 Å². The summed E-state index contributed by atoms with van der Waals surface area (Å²) in [7, 11) is 0. The highest BCUT2D eigenvalue weighted by Crippen LogP contribution is 2.46. The molecule has 260 valence electrons. The Balaban J connectivity index is 1.25. The molecule has 55 heavy (non-hydrogen) atoms. The molecule has 0 radical (unpaired) electrons. The van der Waals surface area contributed by atoms with E-state index in [0.29, 0.717) is 0 Å². The molecule has 0 aliphatic rings. The van der Waals surface area contributed by atoms with Crippen LogP contribution in [-0.4, -0.2) is 19.6 Å². The van der Waals surface area contributed by atoms with Gasteiger partial charge in [-0.25, -0.2) is 9.36 Å². The number of hydrogen-bond acceptors (Lipinski definition) is 3. The molecule has 0 fully saturated rings. The molecule has 0 aliphatic carbocycles. The molecule has 0 spiro atoms. The third-order valence-corrected chi connectivity index (χ3v) is 10.2. The lowest BCUT2D eigenvalue weighted by atomic mass is 9.95. The van der Waals surface area contributed by atoms with E-state index in [9.17, 15) is 0 Å². The van der Waals surface area contributed by atoms with E-state index >= 15 is 0 Å². The summed E-state index contributed by atoms with van der Waals surface area (Å²) in [6.07, 6.45) is 3.86. The number of fused-ring (bicyclic) bond motifs is 2. The van der Waals surface area contributed by atoms with Gasteiger partial charge in [0.15, 0.2) is 0 Å². The Bertz CT molecular complexity index is 2730. The van der Waals surface area contributed by atoms with Crippen molar-refractivity contribution in [2.45, 2.75) is 0 Å². The second-order valence-electron chi connectivity index (χ2n) is 13.5. The van der Waals surface area contributed by atoms with Crippen molar-refractivity contribution in [2.24, 2.45) is 0 Å². The van der Waals surface area contributed by atoms with Gasteiger partial charge in [0.05, 0.1) is 34.8 Å². The maximum Gasteiger partial charge on any atom is 0.136 e. The number of nitrogens with zero attached hydrogens (tertiary/aromatic N) is 4. The summed E-state index contributed by atoms with van der Waals surface area (Å²) in [6.45, 7) is 0. The molecule has 0 N–H and O–H groups in total. The van der Waals surface area contributed by atoms with E-state index in [1.54, 1.807) is 0 Å². The van der Waals surface area contributed by atoms with E-state index in [-0.39, 0.29) is 0 Å². The van der Waals surface area contributed by atoms with E-state index in [1.807, 2.05) is 58.2 Å². The fourth-order valence-electron chi connectivity index (χ4n) is 7.49. The van der Waals surface area contributed by atoms with Crippen LogP contribution in [0.2, 0.25) is 0 Å². The lowest BCUT2D eigenvalue weighted by molar-refractivity contribution is 0.486. The lowest BCUT2D eigenvalue weighted by Crippen LogP contribution is -2.03. The molecule has 0 amide bonds. The topological polar surface area (TPSA) is 44.9 Å². The molecule has 5 nitrogen and oxygen atoms in total. The highest BCUT2D eigenvalue weighted by Gasteiger charge is 2.22. The summed E-state index contributed by atoms with van der Waals surface area (Å²) in [6, 6.07) is 67.3. The number of aromatic nitrogens is 4. The van der Waals surface area contributed by atoms with E-state index in [2.05, 4.69) is 158 Å². The molecule has 8 aromatic carbocycles. The molecule has 0 saturated carbocycles. The normalized spacial score (nSPS) is 11.3.